The van der Waals surface area contributed by atoms with E-state index in [9.17, 15) is 9.90 Å². The molecule has 1 saturated heterocycles. The van der Waals surface area contributed by atoms with Crippen LogP contribution in [0, 0.1) is 12.8 Å². The predicted molar refractivity (Wildman–Crippen MR) is 90.7 cm³/mol. The van der Waals surface area contributed by atoms with Crippen molar-refractivity contribution in [3.8, 4) is 5.75 Å². The molecule has 5 nitrogen and oxygen atoms in total. The van der Waals surface area contributed by atoms with Gasteiger partial charge >= 0.3 is 6.03 Å². The number of aryl methyl sites for hydroxylation is 1. The molecule has 2 amide bonds. The molecule has 1 aliphatic rings. The van der Waals surface area contributed by atoms with Gasteiger partial charge < -0.3 is 20.1 Å². The van der Waals surface area contributed by atoms with E-state index >= 15 is 0 Å². The summed E-state index contributed by atoms with van der Waals surface area (Å²) in [5.74, 6) is 1.08. The number of rotatable bonds is 6. The molecule has 5 heteroatoms. The minimum absolute atomic E-state index is 0.0431. The smallest absolute Gasteiger partial charge is 0.317 e. The summed E-state index contributed by atoms with van der Waals surface area (Å²) in [5.41, 5.74) is 1.10. The molecule has 0 aliphatic carbocycles. The fraction of sp³-hybridized carbons (Fsp3) is 0.611. The van der Waals surface area contributed by atoms with Gasteiger partial charge in [-0.1, -0.05) is 25.1 Å². The second-order valence-electron chi connectivity index (χ2n) is 6.24. The number of carbonyl (C=O) groups excluding carboxylic acids is 1. The number of nitrogens with one attached hydrogen (secondary N) is 1. The number of carbonyl (C=O) groups is 1. The standard InChI is InChI=1S/C18H28N2O3/c1-3-16(23-17-9-5-4-7-14(17)2)11-19-18(22)20-10-6-8-15(12-20)13-21/h4-5,7,9,15-16,21H,3,6,8,10-13H2,1-2H3,(H,19,22)/t15-,16-/m0/s1. The zero-order valence-electron chi connectivity index (χ0n) is 14.1. The molecule has 2 rings (SSSR count). The van der Waals surface area contributed by atoms with Crippen molar-refractivity contribution in [1.29, 1.82) is 0 Å². The van der Waals surface area contributed by atoms with Gasteiger partial charge in [0.05, 0.1) is 6.54 Å². The fourth-order valence-corrected chi connectivity index (χ4v) is 2.85. The average molecular weight is 320 g/mol. The monoisotopic (exact) mass is 320 g/mol. The number of benzene rings is 1. The SMILES string of the molecule is CC[C@@H](CNC(=O)N1CCC[C@H](CO)C1)Oc1ccccc1C. The molecule has 1 aromatic rings. The lowest BCUT2D eigenvalue weighted by Crippen LogP contribution is -2.48. The summed E-state index contributed by atoms with van der Waals surface area (Å²) in [5, 5.41) is 12.2. The van der Waals surface area contributed by atoms with Crippen molar-refractivity contribution in [2.24, 2.45) is 5.92 Å². The van der Waals surface area contributed by atoms with Crippen molar-refractivity contribution in [1.82, 2.24) is 10.2 Å². The van der Waals surface area contributed by atoms with Crippen LogP contribution in [0.15, 0.2) is 24.3 Å². The van der Waals surface area contributed by atoms with Gasteiger partial charge in [0, 0.05) is 19.7 Å². The summed E-state index contributed by atoms with van der Waals surface area (Å²) in [4.78, 5) is 14.1. The summed E-state index contributed by atoms with van der Waals surface area (Å²) >= 11 is 0. The van der Waals surface area contributed by atoms with Crippen molar-refractivity contribution in [2.75, 3.05) is 26.2 Å². The van der Waals surface area contributed by atoms with Gasteiger partial charge in [0.1, 0.15) is 11.9 Å². The molecule has 0 radical (unpaired) electrons. The number of para-hydroxylation sites is 1. The van der Waals surface area contributed by atoms with Crippen LogP contribution in [0.4, 0.5) is 4.79 Å². The molecule has 0 saturated carbocycles. The number of ether oxygens (including phenoxy) is 1. The highest BCUT2D eigenvalue weighted by molar-refractivity contribution is 5.74. The van der Waals surface area contributed by atoms with Crippen LogP contribution in [0.5, 0.6) is 5.75 Å². The van der Waals surface area contributed by atoms with Crippen molar-refractivity contribution in [3.05, 3.63) is 29.8 Å². The summed E-state index contributed by atoms with van der Waals surface area (Å²) in [6.45, 7) is 6.11. The van der Waals surface area contributed by atoms with E-state index in [4.69, 9.17) is 4.74 Å². The van der Waals surface area contributed by atoms with Gasteiger partial charge in [0.15, 0.2) is 0 Å². The van der Waals surface area contributed by atoms with Gasteiger partial charge in [-0.25, -0.2) is 4.79 Å². The minimum atomic E-state index is -0.0602. The molecular formula is C18H28N2O3. The number of hydrogen-bond acceptors (Lipinski definition) is 3. The fourth-order valence-electron chi connectivity index (χ4n) is 2.85. The second-order valence-corrected chi connectivity index (χ2v) is 6.24. The maximum absolute atomic E-state index is 12.3. The Hall–Kier alpha value is -1.75. The number of piperidine rings is 1. The number of aliphatic hydroxyl groups excluding tert-OH is 1. The second kappa shape index (κ2) is 8.77. The van der Waals surface area contributed by atoms with E-state index in [2.05, 4.69) is 12.2 Å². The molecule has 128 valence electrons. The highest BCUT2D eigenvalue weighted by Gasteiger charge is 2.23. The van der Waals surface area contributed by atoms with E-state index in [1.807, 2.05) is 31.2 Å². The van der Waals surface area contributed by atoms with E-state index in [0.717, 1.165) is 37.1 Å². The molecule has 0 aromatic heterocycles. The van der Waals surface area contributed by atoms with Gasteiger partial charge in [0.2, 0.25) is 0 Å². The third-order valence-electron chi connectivity index (χ3n) is 4.39. The van der Waals surface area contributed by atoms with Crippen molar-refractivity contribution in [2.45, 2.75) is 39.2 Å². The minimum Gasteiger partial charge on any atom is -0.488 e. The molecule has 2 N–H and O–H groups in total. The van der Waals surface area contributed by atoms with Crippen molar-refractivity contribution < 1.29 is 14.6 Å². The van der Waals surface area contributed by atoms with Gasteiger partial charge in [-0.2, -0.15) is 0 Å². The van der Waals surface area contributed by atoms with Crippen LogP contribution in [0.3, 0.4) is 0 Å². The maximum Gasteiger partial charge on any atom is 0.317 e. The van der Waals surface area contributed by atoms with E-state index in [1.165, 1.54) is 0 Å². The summed E-state index contributed by atoms with van der Waals surface area (Å²) in [6, 6.07) is 7.85. The number of likely N-dealkylation sites (tertiary alicyclic amines) is 1. The Balaban J connectivity index is 1.83. The Kier molecular flexibility index (Phi) is 6.71. The van der Waals surface area contributed by atoms with Crippen LogP contribution in [0.2, 0.25) is 0 Å². The van der Waals surface area contributed by atoms with Crippen LogP contribution < -0.4 is 10.1 Å². The van der Waals surface area contributed by atoms with Gasteiger partial charge in [-0.15, -0.1) is 0 Å². The first-order chi connectivity index (χ1) is 11.1. The molecule has 2 atom stereocenters. The van der Waals surface area contributed by atoms with Gasteiger partial charge in [-0.05, 0) is 43.7 Å². The lowest BCUT2D eigenvalue weighted by atomic mass is 9.99. The van der Waals surface area contributed by atoms with Gasteiger partial charge in [-0.3, -0.25) is 0 Å². The Morgan fingerprint density at radius 2 is 2.26 bits per heavy atom. The first kappa shape index (κ1) is 17.6. The third-order valence-corrected chi connectivity index (χ3v) is 4.39. The largest absolute Gasteiger partial charge is 0.488 e. The molecular weight excluding hydrogens is 292 g/mol. The highest BCUT2D eigenvalue weighted by atomic mass is 16.5. The van der Waals surface area contributed by atoms with Crippen molar-refractivity contribution >= 4 is 6.03 Å². The van der Waals surface area contributed by atoms with Crippen molar-refractivity contribution in [3.63, 3.8) is 0 Å². The Morgan fingerprint density at radius 3 is 2.96 bits per heavy atom. The summed E-state index contributed by atoms with van der Waals surface area (Å²) in [7, 11) is 0. The zero-order valence-corrected chi connectivity index (χ0v) is 14.1. The van der Waals surface area contributed by atoms with Crippen LogP contribution in [0.25, 0.3) is 0 Å². The maximum atomic E-state index is 12.3. The molecule has 0 spiro atoms. The summed E-state index contributed by atoms with van der Waals surface area (Å²) in [6.07, 6.45) is 2.73. The number of amides is 2. The Morgan fingerprint density at radius 1 is 1.48 bits per heavy atom. The lowest BCUT2D eigenvalue weighted by Gasteiger charge is -2.32. The normalized spacial score (nSPS) is 19.3. The molecule has 1 heterocycles. The number of aliphatic hydroxyl groups is 1. The summed E-state index contributed by atoms with van der Waals surface area (Å²) < 4.78 is 6.00. The number of nitrogens with zero attached hydrogens (tertiary/aromatic N) is 1. The zero-order chi connectivity index (χ0) is 16.7. The van der Waals surface area contributed by atoms with Gasteiger partial charge in [0.25, 0.3) is 0 Å². The molecule has 1 aromatic carbocycles. The first-order valence-corrected chi connectivity index (χ1v) is 8.50. The Labute approximate surface area is 138 Å². The number of urea groups is 1. The highest BCUT2D eigenvalue weighted by Crippen LogP contribution is 2.19. The third kappa shape index (κ3) is 5.13. The van der Waals surface area contributed by atoms with E-state index in [1.54, 1.807) is 4.90 Å². The van der Waals surface area contributed by atoms with E-state index < -0.39 is 0 Å². The van der Waals surface area contributed by atoms with E-state index in [0.29, 0.717) is 13.1 Å². The van der Waals surface area contributed by atoms with Crippen LogP contribution in [0.1, 0.15) is 31.7 Å². The van der Waals surface area contributed by atoms with Crippen LogP contribution >= 0.6 is 0 Å². The quantitative estimate of drug-likeness (QED) is 0.847. The molecule has 23 heavy (non-hydrogen) atoms. The molecule has 0 bridgehead atoms. The predicted octanol–water partition coefficient (Wildman–Crippen LogP) is 2.57. The molecule has 1 fully saturated rings. The number of hydrogen-bond donors (Lipinski definition) is 2. The first-order valence-electron chi connectivity index (χ1n) is 8.50. The Bertz CT molecular complexity index is 507. The molecule has 1 aliphatic heterocycles. The molecule has 0 unspecified atom stereocenters. The topological polar surface area (TPSA) is 61.8 Å². The van der Waals surface area contributed by atoms with Crippen LogP contribution in [-0.2, 0) is 0 Å². The average Bonchev–Trinajstić information content (AvgIpc) is 2.59. The van der Waals surface area contributed by atoms with Crippen LogP contribution in [-0.4, -0.2) is 48.4 Å². The lowest BCUT2D eigenvalue weighted by molar-refractivity contribution is 0.125. The van der Waals surface area contributed by atoms with E-state index in [-0.39, 0.29) is 24.7 Å².